The smallest absolute Gasteiger partial charge is 0.337 e. The van der Waals surface area contributed by atoms with Crippen molar-refractivity contribution in [3.8, 4) is 22.5 Å². The summed E-state index contributed by atoms with van der Waals surface area (Å²) in [6.45, 7) is 1.81. The Labute approximate surface area is 154 Å². The lowest BCUT2D eigenvalue weighted by molar-refractivity contribution is 0.0600. The number of aryl methyl sites for hydroxylation is 1. The molecule has 0 unspecified atom stereocenters. The van der Waals surface area contributed by atoms with Crippen molar-refractivity contribution < 1.29 is 19.1 Å². The first-order valence-electron chi connectivity index (χ1n) is 8.24. The molecule has 0 N–H and O–H groups in total. The van der Waals surface area contributed by atoms with Crippen molar-refractivity contribution in [2.24, 2.45) is 0 Å². The average molecular weight is 358 g/mol. The number of carbonyl (C=O) groups excluding carboxylic acids is 3. The van der Waals surface area contributed by atoms with Gasteiger partial charge in [-0.05, 0) is 42.3 Å². The lowest BCUT2D eigenvalue weighted by atomic mass is 9.88. The molecule has 2 aromatic heterocycles. The van der Waals surface area contributed by atoms with Crippen LogP contribution in [0.4, 0.5) is 0 Å². The first-order chi connectivity index (χ1) is 13.0. The summed E-state index contributed by atoms with van der Waals surface area (Å²) in [5.74, 6) is -1.65. The van der Waals surface area contributed by atoms with E-state index < -0.39 is 17.5 Å². The molecule has 0 saturated carbocycles. The summed E-state index contributed by atoms with van der Waals surface area (Å²) in [4.78, 5) is 45.5. The molecule has 0 aliphatic heterocycles. The fourth-order valence-electron chi connectivity index (χ4n) is 3.10. The maximum atomic E-state index is 12.6. The van der Waals surface area contributed by atoms with Crippen LogP contribution in [0.3, 0.4) is 0 Å². The van der Waals surface area contributed by atoms with Crippen LogP contribution in [-0.2, 0) is 4.74 Å². The number of nitrogens with zero attached hydrogens (tertiary/aromatic N) is 2. The zero-order chi connectivity index (χ0) is 19.1. The van der Waals surface area contributed by atoms with Gasteiger partial charge in [-0.2, -0.15) is 0 Å². The van der Waals surface area contributed by atoms with Gasteiger partial charge in [0.05, 0.1) is 23.8 Å². The Balaban J connectivity index is 1.86. The predicted molar refractivity (Wildman–Crippen MR) is 97.6 cm³/mol. The molecule has 1 aliphatic rings. The zero-order valence-corrected chi connectivity index (χ0v) is 14.6. The molecular weight excluding hydrogens is 344 g/mol. The molecular formula is C21H14N2O4. The Kier molecular flexibility index (Phi) is 3.88. The second-order valence-corrected chi connectivity index (χ2v) is 6.26. The summed E-state index contributed by atoms with van der Waals surface area (Å²) in [6, 6.07) is 10.1. The van der Waals surface area contributed by atoms with Gasteiger partial charge in [-0.3, -0.25) is 19.6 Å². The molecule has 1 aliphatic carbocycles. The summed E-state index contributed by atoms with van der Waals surface area (Å²) in [7, 11) is 1.31. The van der Waals surface area contributed by atoms with Gasteiger partial charge in [0.15, 0.2) is 0 Å². The van der Waals surface area contributed by atoms with Gasteiger partial charge in [0.1, 0.15) is 11.4 Å². The van der Waals surface area contributed by atoms with Crippen LogP contribution in [0, 0.1) is 6.92 Å². The topological polar surface area (TPSA) is 86.2 Å². The van der Waals surface area contributed by atoms with Crippen molar-refractivity contribution >= 4 is 17.5 Å². The second-order valence-electron chi connectivity index (χ2n) is 6.26. The minimum atomic E-state index is -0.608. The number of hydrogen-bond donors (Lipinski definition) is 0. The van der Waals surface area contributed by atoms with Crippen LogP contribution in [-0.4, -0.2) is 34.6 Å². The van der Waals surface area contributed by atoms with Crippen molar-refractivity contribution in [3.05, 3.63) is 71.0 Å². The molecule has 3 aromatic rings. The summed E-state index contributed by atoms with van der Waals surface area (Å²) in [5, 5.41) is 0. The minimum Gasteiger partial charge on any atom is -0.465 e. The Morgan fingerprint density at radius 3 is 2.26 bits per heavy atom. The quantitative estimate of drug-likeness (QED) is 0.516. The third kappa shape index (κ3) is 2.71. The Bertz CT molecular complexity index is 1130. The molecule has 6 nitrogen and oxygen atoms in total. The minimum absolute atomic E-state index is 0.213. The number of Topliss-reactive ketones (excluding diaryl/α,β-unsaturated/α-hetero) is 2. The summed E-state index contributed by atoms with van der Waals surface area (Å²) in [6.07, 6.45) is 3.24. The number of methoxy groups -OCH3 is 1. The van der Waals surface area contributed by atoms with Gasteiger partial charge < -0.3 is 4.74 Å². The predicted octanol–water partition coefficient (Wildman–Crippen LogP) is 3.28. The van der Waals surface area contributed by atoms with Crippen LogP contribution in [0.5, 0.6) is 0 Å². The molecule has 0 amide bonds. The number of pyridine rings is 2. The molecule has 0 atom stereocenters. The van der Waals surface area contributed by atoms with Crippen LogP contribution in [0.25, 0.3) is 22.5 Å². The third-order valence-corrected chi connectivity index (χ3v) is 4.45. The molecule has 0 fully saturated rings. The Morgan fingerprint density at radius 2 is 1.56 bits per heavy atom. The maximum Gasteiger partial charge on any atom is 0.337 e. The summed E-state index contributed by atoms with van der Waals surface area (Å²) < 4.78 is 4.74. The number of aromatic nitrogens is 2. The number of fused-ring (bicyclic) bond motifs is 3. The molecule has 4 rings (SSSR count). The van der Waals surface area contributed by atoms with E-state index in [1.165, 1.54) is 7.11 Å². The highest BCUT2D eigenvalue weighted by atomic mass is 16.5. The van der Waals surface area contributed by atoms with E-state index in [0.29, 0.717) is 28.1 Å². The number of esters is 1. The van der Waals surface area contributed by atoms with Gasteiger partial charge in [0, 0.05) is 18.0 Å². The number of benzene rings is 1. The van der Waals surface area contributed by atoms with Gasteiger partial charge in [-0.25, -0.2) is 4.79 Å². The van der Waals surface area contributed by atoms with Gasteiger partial charge in [-0.1, -0.05) is 12.1 Å². The lowest BCUT2D eigenvalue weighted by Crippen LogP contribution is -2.23. The van der Waals surface area contributed by atoms with Crippen LogP contribution >= 0.6 is 0 Å². The van der Waals surface area contributed by atoms with E-state index in [-0.39, 0.29) is 11.1 Å². The van der Waals surface area contributed by atoms with E-state index in [1.807, 2.05) is 6.92 Å². The van der Waals surface area contributed by atoms with Gasteiger partial charge in [-0.15, -0.1) is 0 Å². The normalized spacial score (nSPS) is 12.4. The number of ether oxygens (including phenoxy) is 1. The second kappa shape index (κ2) is 6.25. The van der Waals surface area contributed by atoms with Crippen LogP contribution in [0.15, 0.2) is 48.8 Å². The third-order valence-electron chi connectivity index (χ3n) is 4.45. The van der Waals surface area contributed by atoms with E-state index >= 15 is 0 Å². The van der Waals surface area contributed by atoms with Crippen molar-refractivity contribution in [1.29, 1.82) is 0 Å². The fourth-order valence-corrected chi connectivity index (χ4v) is 3.10. The first kappa shape index (κ1) is 16.8. The number of rotatable bonds is 2. The largest absolute Gasteiger partial charge is 0.465 e. The SMILES string of the molecule is COC(=O)c1cccc(-c2cnc3c(c2)C(=O)C(=O)c2cc(C)cnc2-3)c1. The van der Waals surface area contributed by atoms with Crippen molar-refractivity contribution in [3.63, 3.8) is 0 Å². The zero-order valence-electron chi connectivity index (χ0n) is 14.6. The van der Waals surface area contributed by atoms with Crippen molar-refractivity contribution in [2.45, 2.75) is 6.92 Å². The monoisotopic (exact) mass is 358 g/mol. The van der Waals surface area contributed by atoms with Crippen LogP contribution < -0.4 is 0 Å². The molecule has 0 bridgehead atoms. The summed E-state index contributed by atoms with van der Waals surface area (Å²) in [5.41, 5.74) is 3.79. The lowest BCUT2D eigenvalue weighted by Gasteiger charge is -2.17. The molecule has 132 valence electrons. The van der Waals surface area contributed by atoms with E-state index in [9.17, 15) is 14.4 Å². The highest BCUT2D eigenvalue weighted by molar-refractivity contribution is 6.52. The van der Waals surface area contributed by atoms with E-state index in [1.54, 1.807) is 48.8 Å². The highest BCUT2D eigenvalue weighted by Crippen LogP contribution is 2.33. The standard InChI is InChI=1S/C21H14N2O4/c1-11-6-15-17(22-9-11)18-16(20(25)19(15)24)8-14(10-23-18)12-4-3-5-13(7-12)21(26)27-2/h3-10H,1-2H3. The van der Waals surface area contributed by atoms with Crippen molar-refractivity contribution in [2.75, 3.05) is 7.11 Å². The Hall–Kier alpha value is -3.67. The molecule has 1 aromatic carbocycles. The van der Waals surface area contributed by atoms with Gasteiger partial charge in [0.2, 0.25) is 11.6 Å². The van der Waals surface area contributed by atoms with E-state index in [0.717, 1.165) is 5.56 Å². The van der Waals surface area contributed by atoms with E-state index in [2.05, 4.69) is 9.97 Å². The molecule has 0 radical (unpaired) electrons. The molecule has 6 heteroatoms. The van der Waals surface area contributed by atoms with Gasteiger partial charge in [0.25, 0.3) is 0 Å². The van der Waals surface area contributed by atoms with Crippen LogP contribution in [0.2, 0.25) is 0 Å². The average Bonchev–Trinajstić information content (AvgIpc) is 2.71. The Morgan fingerprint density at radius 1 is 0.889 bits per heavy atom. The molecule has 0 saturated heterocycles. The number of ketones is 2. The number of hydrogen-bond acceptors (Lipinski definition) is 6. The maximum absolute atomic E-state index is 12.6. The molecule has 27 heavy (non-hydrogen) atoms. The fraction of sp³-hybridized carbons (Fsp3) is 0.0952. The highest BCUT2D eigenvalue weighted by Gasteiger charge is 2.32. The van der Waals surface area contributed by atoms with Gasteiger partial charge >= 0.3 is 5.97 Å². The molecule has 0 spiro atoms. The summed E-state index contributed by atoms with van der Waals surface area (Å²) >= 11 is 0. The van der Waals surface area contributed by atoms with Crippen LogP contribution in [0.1, 0.15) is 36.6 Å². The number of carbonyl (C=O) groups is 3. The molecule has 2 heterocycles. The van der Waals surface area contributed by atoms with E-state index in [4.69, 9.17) is 4.74 Å². The first-order valence-corrected chi connectivity index (χ1v) is 8.24. The van der Waals surface area contributed by atoms with Crippen molar-refractivity contribution in [1.82, 2.24) is 9.97 Å².